The van der Waals surface area contributed by atoms with E-state index in [1.165, 1.54) is 0 Å². The molecule has 0 N–H and O–H groups in total. The number of hydrogen-bond acceptors (Lipinski definition) is 3. The molecule has 0 spiro atoms. The summed E-state index contributed by atoms with van der Waals surface area (Å²) in [4.78, 5) is 13.8. The maximum Gasteiger partial charge on any atom is 0.410 e. The molecular formula is C16H27NO3. The zero-order valence-corrected chi connectivity index (χ0v) is 13.4. The molecule has 0 saturated carbocycles. The standard InChI is InChI=1S/C16H27NO3/c1-6-8-9-12-19-16(7-2)10-11-17(13-16)14(18)20-15(3,4)5/h7,9-13H2,1-5H3. The molecule has 4 heteroatoms. The van der Waals surface area contributed by atoms with Gasteiger partial charge in [0.05, 0.1) is 18.8 Å². The Balaban J connectivity index is 2.52. The van der Waals surface area contributed by atoms with E-state index in [4.69, 9.17) is 9.47 Å². The van der Waals surface area contributed by atoms with Gasteiger partial charge >= 0.3 is 6.09 Å². The molecule has 0 bridgehead atoms. The normalized spacial score (nSPS) is 22.4. The van der Waals surface area contributed by atoms with Crippen LogP contribution in [0.5, 0.6) is 0 Å². The van der Waals surface area contributed by atoms with Gasteiger partial charge in [0.2, 0.25) is 0 Å². The number of amides is 1. The van der Waals surface area contributed by atoms with E-state index in [1.54, 1.807) is 4.90 Å². The molecule has 1 unspecified atom stereocenters. The third-order valence-electron chi connectivity index (χ3n) is 3.42. The molecule has 0 aromatic heterocycles. The fourth-order valence-corrected chi connectivity index (χ4v) is 2.28. The van der Waals surface area contributed by atoms with Crippen LogP contribution in [0, 0.1) is 11.8 Å². The number of ether oxygens (including phenoxy) is 2. The summed E-state index contributed by atoms with van der Waals surface area (Å²) < 4.78 is 11.4. The third kappa shape index (κ3) is 5.05. The van der Waals surface area contributed by atoms with E-state index < -0.39 is 5.60 Å². The van der Waals surface area contributed by atoms with E-state index in [1.807, 2.05) is 27.7 Å². The highest BCUT2D eigenvalue weighted by Gasteiger charge is 2.40. The van der Waals surface area contributed by atoms with Crippen LogP contribution in [0.3, 0.4) is 0 Å². The van der Waals surface area contributed by atoms with Gasteiger partial charge < -0.3 is 14.4 Å². The smallest absolute Gasteiger partial charge is 0.410 e. The van der Waals surface area contributed by atoms with Crippen LogP contribution in [0.2, 0.25) is 0 Å². The Labute approximate surface area is 122 Å². The summed E-state index contributed by atoms with van der Waals surface area (Å²) in [5.74, 6) is 5.86. The summed E-state index contributed by atoms with van der Waals surface area (Å²) in [6.45, 7) is 11.5. The number of carbonyl (C=O) groups is 1. The Morgan fingerprint density at radius 1 is 1.40 bits per heavy atom. The summed E-state index contributed by atoms with van der Waals surface area (Å²) in [6.07, 6.45) is 2.25. The molecule has 1 aliphatic rings. The summed E-state index contributed by atoms with van der Waals surface area (Å²) >= 11 is 0. The van der Waals surface area contributed by atoms with E-state index in [-0.39, 0.29) is 11.7 Å². The summed E-state index contributed by atoms with van der Waals surface area (Å²) in [5, 5.41) is 0. The molecular weight excluding hydrogens is 254 g/mol. The van der Waals surface area contributed by atoms with Gasteiger partial charge in [-0.15, -0.1) is 11.8 Å². The average Bonchev–Trinajstić information content (AvgIpc) is 2.78. The van der Waals surface area contributed by atoms with Crippen LogP contribution in [0.4, 0.5) is 4.79 Å². The molecule has 1 amide bonds. The minimum Gasteiger partial charge on any atom is -0.444 e. The van der Waals surface area contributed by atoms with Crippen molar-refractivity contribution in [1.82, 2.24) is 4.90 Å². The molecule has 20 heavy (non-hydrogen) atoms. The SMILES string of the molecule is CC#CCCOC1(CC)CCN(C(=O)OC(C)(C)C)C1. The molecule has 0 radical (unpaired) electrons. The van der Waals surface area contributed by atoms with E-state index in [2.05, 4.69) is 18.8 Å². The highest BCUT2D eigenvalue weighted by molar-refractivity contribution is 5.68. The van der Waals surface area contributed by atoms with Crippen molar-refractivity contribution in [2.75, 3.05) is 19.7 Å². The lowest BCUT2D eigenvalue weighted by atomic mass is 10.00. The van der Waals surface area contributed by atoms with Gasteiger partial charge in [-0.05, 0) is 40.5 Å². The lowest BCUT2D eigenvalue weighted by molar-refractivity contribution is -0.0399. The Morgan fingerprint density at radius 3 is 2.65 bits per heavy atom. The molecule has 0 aliphatic carbocycles. The molecule has 1 saturated heterocycles. The fraction of sp³-hybridized carbons (Fsp3) is 0.812. The molecule has 0 aromatic rings. The molecule has 1 atom stereocenters. The van der Waals surface area contributed by atoms with Gasteiger partial charge in [-0.1, -0.05) is 6.92 Å². The first-order chi connectivity index (χ1) is 9.32. The highest BCUT2D eigenvalue weighted by Crippen LogP contribution is 2.30. The zero-order chi connectivity index (χ0) is 15.2. The predicted octanol–water partition coefficient (Wildman–Crippen LogP) is 3.21. The first kappa shape index (κ1) is 16.8. The van der Waals surface area contributed by atoms with Crippen LogP contribution in [0.15, 0.2) is 0 Å². The first-order valence-electron chi connectivity index (χ1n) is 7.33. The van der Waals surface area contributed by atoms with Gasteiger partial charge in [0.25, 0.3) is 0 Å². The quantitative estimate of drug-likeness (QED) is 0.587. The Morgan fingerprint density at radius 2 is 2.10 bits per heavy atom. The molecule has 114 valence electrons. The minimum atomic E-state index is -0.452. The lowest BCUT2D eigenvalue weighted by Crippen LogP contribution is -2.40. The van der Waals surface area contributed by atoms with Crippen molar-refractivity contribution >= 4 is 6.09 Å². The van der Waals surface area contributed by atoms with Crippen LogP contribution in [-0.2, 0) is 9.47 Å². The number of rotatable bonds is 4. The van der Waals surface area contributed by atoms with E-state index in [0.29, 0.717) is 19.7 Å². The van der Waals surface area contributed by atoms with E-state index >= 15 is 0 Å². The maximum absolute atomic E-state index is 12.1. The molecule has 4 nitrogen and oxygen atoms in total. The highest BCUT2D eigenvalue weighted by atomic mass is 16.6. The topological polar surface area (TPSA) is 38.8 Å². The third-order valence-corrected chi connectivity index (χ3v) is 3.42. The number of nitrogens with zero attached hydrogens (tertiary/aromatic N) is 1. The van der Waals surface area contributed by atoms with Crippen molar-refractivity contribution < 1.29 is 14.3 Å². The van der Waals surface area contributed by atoms with Gasteiger partial charge in [-0.2, -0.15) is 0 Å². The van der Waals surface area contributed by atoms with E-state index in [9.17, 15) is 4.79 Å². The molecule has 1 heterocycles. The lowest BCUT2D eigenvalue weighted by Gasteiger charge is -2.29. The Hall–Kier alpha value is -1.21. The van der Waals surface area contributed by atoms with Gasteiger partial charge in [0.1, 0.15) is 5.60 Å². The second kappa shape index (κ2) is 6.99. The number of likely N-dealkylation sites (tertiary alicyclic amines) is 1. The number of hydrogen-bond donors (Lipinski definition) is 0. The van der Waals surface area contributed by atoms with Crippen molar-refractivity contribution in [2.45, 2.75) is 65.1 Å². The van der Waals surface area contributed by atoms with Crippen LogP contribution in [-0.4, -0.2) is 41.9 Å². The first-order valence-corrected chi connectivity index (χ1v) is 7.33. The molecule has 1 aliphatic heterocycles. The Kier molecular flexibility index (Phi) is 5.88. The predicted molar refractivity (Wildman–Crippen MR) is 79.5 cm³/mol. The minimum absolute atomic E-state index is 0.230. The van der Waals surface area contributed by atoms with Gasteiger partial charge in [-0.25, -0.2) is 4.79 Å². The van der Waals surface area contributed by atoms with Gasteiger partial charge in [0.15, 0.2) is 0 Å². The molecule has 1 rings (SSSR count). The summed E-state index contributed by atoms with van der Waals surface area (Å²) in [5.41, 5.74) is -0.682. The second-order valence-electron chi connectivity index (χ2n) is 6.21. The monoisotopic (exact) mass is 281 g/mol. The molecule has 1 fully saturated rings. The summed E-state index contributed by atoms with van der Waals surface area (Å²) in [6, 6.07) is 0. The second-order valence-corrected chi connectivity index (χ2v) is 6.21. The van der Waals surface area contributed by atoms with Gasteiger partial charge in [0, 0.05) is 13.0 Å². The average molecular weight is 281 g/mol. The Bertz CT molecular complexity index is 389. The van der Waals surface area contributed by atoms with Crippen molar-refractivity contribution in [3.8, 4) is 11.8 Å². The van der Waals surface area contributed by atoms with Gasteiger partial charge in [-0.3, -0.25) is 0 Å². The summed E-state index contributed by atoms with van der Waals surface area (Å²) in [7, 11) is 0. The van der Waals surface area contributed by atoms with Crippen LogP contribution < -0.4 is 0 Å². The maximum atomic E-state index is 12.1. The largest absolute Gasteiger partial charge is 0.444 e. The van der Waals surface area contributed by atoms with Crippen molar-refractivity contribution in [1.29, 1.82) is 0 Å². The van der Waals surface area contributed by atoms with Crippen LogP contribution >= 0.6 is 0 Å². The zero-order valence-electron chi connectivity index (χ0n) is 13.4. The van der Waals surface area contributed by atoms with Crippen molar-refractivity contribution in [3.05, 3.63) is 0 Å². The number of carbonyl (C=O) groups excluding carboxylic acids is 1. The van der Waals surface area contributed by atoms with E-state index in [0.717, 1.165) is 19.3 Å². The van der Waals surface area contributed by atoms with Crippen molar-refractivity contribution in [2.24, 2.45) is 0 Å². The molecule has 0 aromatic carbocycles. The fourth-order valence-electron chi connectivity index (χ4n) is 2.28. The van der Waals surface area contributed by atoms with Crippen LogP contribution in [0.1, 0.15) is 53.9 Å². The van der Waals surface area contributed by atoms with Crippen LogP contribution in [0.25, 0.3) is 0 Å². The van der Waals surface area contributed by atoms with Crippen molar-refractivity contribution in [3.63, 3.8) is 0 Å².